The van der Waals surface area contributed by atoms with E-state index in [2.05, 4.69) is 19.2 Å². The predicted octanol–water partition coefficient (Wildman–Crippen LogP) is 0.455. The lowest BCUT2D eigenvalue weighted by Crippen LogP contribution is -2.51. The quantitative estimate of drug-likeness (QED) is 0.787. The Kier molecular flexibility index (Phi) is 4.80. The second-order valence-electron chi connectivity index (χ2n) is 5.84. The molecular weight excluding hydrogens is 242 g/mol. The fourth-order valence-electron chi connectivity index (χ4n) is 2.39. The number of hydrogen-bond acceptors (Lipinski definition) is 3. The molecular formula is C14H25N3O2. The third kappa shape index (κ3) is 4.20. The average Bonchev–Trinajstić information content (AvgIpc) is 3.22. The number of nitrogens with one attached hydrogen (secondary N) is 1. The smallest absolute Gasteiger partial charge is 0.225 e. The minimum absolute atomic E-state index is 0.201. The first-order valence-electron chi connectivity index (χ1n) is 7.38. The number of carbonyl (C=O) groups is 2. The molecule has 2 fully saturated rings. The molecule has 0 spiro atoms. The van der Waals surface area contributed by atoms with E-state index >= 15 is 0 Å². The molecule has 2 amide bonds. The van der Waals surface area contributed by atoms with Gasteiger partial charge < -0.3 is 15.1 Å². The summed E-state index contributed by atoms with van der Waals surface area (Å²) in [5, 5.41) is 3.25. The van der Waals surface area contributed by atoms with Crippen molar-refractivity contribution in [3.63, 3.8) is 0 Å². The van der Waals surface area contributed by atoms with Crippen LogP contribution in [0.25, 0.3) is 0 Å². The number of rotatable bonds is 5. The van der Waals surface area contributed by atoms with Crippen molar-refractivity contribution in [1.29, 1.82) is 0 Å². The molecule has 2 rings (SSSR count). The molecule has 2 aliphatic rings. The van der Waals surface area contributed by atoms with E-state index in [1.54, 1.807) is 0 Å². The standard InChI is InChI=1S/C14H25N3O2/c1-11(2)15-6-5-13(18)16-7-9-17(10-8-16)14(19)12-3-4-12/h11-12,15H,3-10H2,1-2H3. The summed E-state index contributed by atoms with van der Waals surface area (Å²) in [6.45, 7) is 7.69. The first-order valence-corrected chi connectivity index (χ1v) is 7.38. The van der Waals surface area contributed by atoms with Gasteiger partial charge in [-0.25, -0.2) is 0 Å². The van der Waals surface area contributed by atoms with Gasteiger partial charge >= 0.3 is 0 Å². The van der Waals surface area contributed by atoms with E-state index in [1.807, 2.05) is 9.80 Å². The van der Waals surface area contributed by atoms with Gasteiger partial charge in [0.2, 0.25) is 11.8 Å². The summed E-state index contributed by atoms with van der Waals surface area (Å²) in [7, 11) is 0. The van der Waals surface area contributed by atoms with Crippen LogP contribution in [0.3, 0.4) is 0 Å². The van der Waals surface area contributed by atoms with Gasteiger partial charge in [0.15, 0.2) is 0 Å². The maximum Gasteiger partial charge on any atom is 0.225 e. The van der Waals surface area contributed by atoms with Crippen molar-refractivity contribution in [2.24, 2.45) is 5.92 Å². The lowest BCUT2D eigenvalue weighted by Gasteiger charge is -2.35. The monoisotopic (exact) mass is 267 g/mol. The lowest BCUT2D eigenvalue weighted by molar-refractivity contribution is -0.140. The number of nitrogens with zero attached hydrogens (tertiary/aromatic N) is 2. The van der Waals surface area contributed by atoms with Crippen LogP contribution in [0.4, 0.5) is 0 Å². The second-order valence-corrected chi connectivity index (χ2v) is 5.84. The predicted molar refractivity (Wildman–Crippen MR) is 73.6 cm³/mol. The second kappa shape index (κ2) is 6.37. The van der Waals surface area contributed by atoms with E-state index in [0.29, 0.717) is 44.5 Å². The van der Waals surface area contributed by atoms with Crippen molar-refractivity contribution in [3.8, 4) is 0 Å². The molecule has 0 aromatic rings. The Morgan fingerprint density at radius 3 is 2.21 bits per heavy atom. The highest BCUT2D eigenvalue weighted by Crippen LogP contribution is 2.31. The van der Waals surface area contributed by atoms with Crippen molar-refractivity contribution in [1.82, 2.24) is 15.1 Å². The van der Waals surface area contributed by atoms with Gasteiger partial charge in [-0.15, -0.1) is 0 Å². The minimum atomic E-state index is 0.201. The number of carbonyl (C=O) groups excluding carboxylic acids is 2. The Morgan fingerprint density at radius 2 is 1.68 bits per heavy atom. The van der Waals surface area contributed by atoms with Crippen molar-refractivity contribution in [3.05, 3.63) is 0 Å². The van der Waals surface area contributed by atoms with Crippen molar-refractivity contribution < 1.29 is 9.59 Å². The van der Waals surface area contributed by atoms with Gasteiger partial charge in [0.1, 0.15) is 0 Å². The van der Waals surface area contributed by atoms with E-state index in [1.165, 1.54) is 0 Å². The Hall–Kier alpha value is -1.10. The molecule has 0 aromatic heterocycles. The Labute approximate surface area is 115 Å². The van der Waals surface area contributed by atoms with Gasteiger partial charge in [0, 0.05) is 51.1 Å². The zero-order valence-corrected chi connectivity index (χ0v) is 12.0. The molecule has 0 bridgehead atoms. The normalized spacial score (nSPS) is 19.9. The molecule has 0 radical (unpaired) electrons. The first kappa shape index (κ1) is 14.3. The van der Waals surface area contributed by atoms with Crippen LogP contribution in [-0.4, -0.2) is 60.4 Å². The molecule has 5 nitrogen and oxygen atoms in total. The molecule has 5 heteroatoms. The summed E-state index contributed by atoms with van der Waals surface area (Å²) < 4.78 is 0. The molecule has 0 aromatic carbocycles. The summed E-state index contributed by atoms with van der Waals surface area (Å²) in [6.07, 6.45) is 2.66. The molecule has 1 N–H and O–H groups in total. The highest BCUT2D eigenvalue weighted by atomic mass is 16.2. The van der Waals surface area contributed by atoms with E-state index in [4.69, 9.17) is 0 Å². The van der Waals surface area contributed by atoms with Crippen LogP contribution in [0.1, 0.15) is 33.1 Å². The number of piperazine rings is 1. The minimum Gasteiger partial charge on any atom is -0.339 e. The largest absolute Gasteiger partial charge is 0.339 e. The summed E-state index contributed by atoms with van der Waals surface area (Å²) >= 11 is 0. The summed E-state index contributed by atoms with van der Waals surface area (Å²) in [6, 6.07) is 0.417. The van der Waals surface area contributed by atoms with Crippen molar-refractivity contribution in [2.45, 2.75) is 39.2 Å². The lowest BCUT2D eigenvalue weighted by atomic mass is 10.2. The Morgan fingerprint density at radius 1 is 1.11 bits per heavy atom. The van der Waals surface area contributed by atoms with E-state index in [9.17, 15) is 9.59 Å². The molecule has 1 aliphatic carbocycles. The highest BCUT2D eigenvalue weighted by Gasteiger charge is 2.34. The van der Waals surface area contributed by atoms with Gasteiger partial charge in [-0.2, -0.15) is 0 Å². The molecule has 19 heavy (non-hydrogen) atoms. The van der Waals surface area contributed by atoms with E-state index in [-0.39, 0.29) is 11.8 Å². The fourth-order valence-corrected chi connectivity index (χ4v) is 2.39. The molecule has 1 saturated carbocycles. The summed E-state index contributed by atoms with van der Waals surface area (Å²) in [5.41, 5.74) is 0. The average molecular weight is 267 g/mol. The third-order valence-electron chi connectivity index (χ3n) is 3.76. The van der Waals surface area contributed by atoms with Gasteiger partial charge in [0.25, 0.3) is 0 Å². The van der Waals surface area contributed by atoms with Gasteiger partial charge in [-0.05, 0) is 12.8 Å². The van der Waals surface area contributed by atoms with Gasteiger partial charge in [-0.1, -0.05) is 13.8 Å². The molecule has 0 unspecified atom stereocenters. The molecule has 108 valence electrons. The topological polar surface area (TPSA) is 52.7 Å². The van der Waals surface area contributed by atoms with Crippen LogP contribution in [0.5, 0.6) is 0 Å². The van der Waals surface area contributed by atoms with Crippen LogP contribution in [-0.2, 0) is 9.59 Å². The maximum absolute atomic E-state index is 12.0. The first-order chi connectivity index (χ1) is 9.08. The highest BCUT2D eigenvalue weighted by molar-refractivity contribution is 5.81. The van der Waals surface area contributed by atoms with E-state index < -0.39 is 0 Å². The van der Waals surface area contributed by atoms with Crippen LogP contribution >= 0.6 is 0 Å². The molecule has 1 aliphatic heterocycles. The fraction of sp³-hybridized carbons (Fsp3) is 0.857. The number of amides is 2. The molecule has 0 atom stereocenters. The van der Waals surface area contributed by atoms with Crippen LogP contribution < -0.4 is 5.32 Å². The van der Waals surface area contributed by atoms with Crippen molar-refractivity contribution >= 4 is 11.8 Å². The van der Waals surface area contributed by atoms with Crippen LogP contribution in [0.15, 0.2) is 0 Å². The van der Waals surface area contributed by atoms with Crippen molar-refractivity contribution in [2.75, 3.05) is 32.7 Å². The summed E-state index contributed by atoms with van der Waals surface area (Å²) in [4.78, 5) is 27.7. The molecule has 1 saturated heterocycles. The Balaban J connectivity index is 1.67. The van der Waals surface area contributed by atoms with Gasteiger partial charge in [0.05, 0.1) is 0 Å². The van der Waals surface area contributed by atoms with Crippen LogP contribution in [0, 0.1) is 5.92 Å². The maximum atomic E-state index is 12.0. The third-order valence-corrected chi connectivity index (χ3v) is 3.76. The number of hydrogen-bond donors (Lipinski definition) is 1. The van der Waals surface area contributed by atoms with Crippen LogP contribution in [0.2, 0.25) is 0 Å². The SMILES string of the molecule is CC(C)NCCC(=O)N1CCN(C(=O)C2CC2)CC1. The zero-order valence-electron chi connectivity index (χ0n) is 12.0. The zero-order chi connectivity index (χ0) is 13.8. The van der Waals surface area contributed by atoms with E-state index in [0.717, 1.165) is 19.4 Å². The van der Waals surface area contributed by atoms with Gasteiger partial charge in [-0.3, -0.25) is 9.59 Å². The summed E-state index contributed by atoms with van der Waals surface area (Å²) in [5.74, 6) is 0.790. The Bertz CT molecular complexity index is 332. The molecule has 1 heterocycles.